The number of halogens is 1. The van der Waals surface area contributed by atoms with Crippen molar-refractivity contribution in [2.24, 2.45) is 0 Å². The largest absolute Gasteiger partial charge is 0.363 e. The molecule has 0 bridgehead atoms. The molecule has 0 radical (unpaired) electrons. The molecule has 2 N–H and O–H groups in total. The first kappa shape index (κ1) is 19.8. The van der Waals surface area contributed by atoms with Gasteiger partial charge in [0.2, 0.25) is 0 Å². The molecule has 0 amide bonds. The number of aromatic amines is 1. The van der Waals surface area contributed by atoms with Crippen LogP contribution in [0.4, 0.5) is 16.0 Å². The van der Waals surface area contributed by atoms with Gasteiger partial charge in [-0.05, 0) is 43.0 Å². The summed E-state index contributed by atoms with van der Waals surface area (Å²) >= 11 is 0. The van der Waals surface area contributed by atoms with E-state index in [0.717, 1.165) is 25.8 Å². The highest BCUT2D eigenvalue weighted by Gasteiger charge is 2.24. The molecule has 156 valence electrons. The molecule has 9 heteroatoms. The summed E-state index contributed by atoms with van der Waals surface area (Å²) in [5.74, 6) is 0.628. The van der Waals surface area contributed by atoms with Crippen LogP contribution in [0.5, 0.6) is 0 Å². The normalized spacial score (nSPS) is 16.4. The summed E-state index contributed by atoms with van der Waals surface area (Å²) in [5, 5.41) is 7.66. The number of hydrogen-bond donors (Lipinski definition) is 2. The molecular weight excluding hydrogens is 387 g/mol. The van der Waals surface area contributed by atoms with E-state index >= 15 is 0 Å². The molecule has 1 saturated heterocycles. The van der Waals surface area contributed by atoms with Crippen LogP contribution in [-0.4, -0.2) is 38.9 Å². The third kappa shape index (κ3) is 4.56. The molecule has 4 rings (SSSR count). The smallest absolute Gasteiger partial charge is 0.290 e. The Morgan fingerprint density at radius 3 is 2.93 bits per heavy atom. The molecule has 8 nitrogen and oxygen atoms in total. The maximum atomic E-state index is 13.5. The summed E-state index contributed by atoms with van der Waals surface area (Å²) < 4.78 is 14.8. The number of H-pyrrole nitrogens is 1. The molecular formula is C21H23FN6O2. The average molecular weight is 410 g/mol. The molecule has 1 aliphatic heterocycles. The van der Waals surface area contributed by atoms with Crippen LogP contribution in [0.2, 0.25) is 0 Å². The Morgan fingerprint density at radius 2 is 2.10 bits per heavy atom. The van der Waals surface area contributed by atoms with Gasteiger partial charge in [-0.25, -0.2) is 14.1 Å². The molecule has 2 aromatic heterocycles. The van der Waals surface area contributed by atoms with Gasteiger partial charge in [-0.3, -0.25) is 9.59 Å². The van der Waals surface area contributed by atoms with Crippen LogP contribution in [0.1, 0.15) is 24.8 Å². The molecule has 3 aromatic rings. The zero-order valence-corrected chi connectivity index (χ0v) is 16.4. The van der Waals surface area contributed by atoms with Crippen LogP contribution in [0.25, 0.3) is 0 Å². The van der Waals surface area contributed by atoms with E-state index in [9.17, 15) is 14.0 Å². The lowest BCUT2D eigenvalue weighted by Crippen LogP contribution is -2.45. The molecule has 0 saturated carbocycles. The van der Waals surface area contributed by atoms with E-state index in [0.29, 0.717) is 17.9 Å². The van der Waals surface area contributed by atoms with Gasteiger partial charge in [0.05, 0.1) is 6.54 Å². The predicted molar refractivity (Wildman–Crippen MR) is 112 cm³/mol. The topological polar surface area (TPSA) is 95.9 Å². The summed E-state index contributed by atoms with van der Waals surface area (Å²) in [7, 11) is 0. The van der Waals surface area contributed by atoms with Crippen LogP contribution < -0.4 is 21.3 Å². The molecule has 30 heavy (non-hydrogen) atoms. The molecule has 1 aromatic carbocycles. The van der Waals surface area contributed by atoms with Gasteiger partial charge in [0, 0.05) is 37.6 Å². The average Bonchev–Trinajstić information content (AvgIpc) is 2.75. The van der Waals surface area contributed by atoms with Gasteiger partial charge in [0.15, 0.2) is 5.82 Å². The van der Waals surface area contributed by atoms with Gasteiger partial charge in [-0.1, -0.05) is 12.1 Å². The van der Waals surface area contributed by atoms with Gasteiger partial charge < -0.3 is 15.2 Å². The van der Waals surface area contributed by atoms with Crippen LogP contribution in [0, 0.1) is 5.82 Å². The monoisotopic (exact) mass is 410 g/mol. The van der Waals surface area contributed by atoms with E-state index in [-0.39, 0.29) is 35.3 Å². The van der Waals surface area contributed by atoms with Gasteiger partial charge in [0.25, 0.3) is 11.1 Å². The Morgan fingerprint density at radius 1 is 1.20 bits per heavy atom. The molecule has 0 spiro atoms. The van der Waals surface area contributed by atoms with E-state index in [4.69, 9.17) is 0 Å². The summed E-state index contributed by atoms with van der Waals surface area (Å²) in [4.78, 5) is 33.0. The maximum Gasteiger partial charge on any atom is 0.290 e. The highest BCUT2D eigenvalue weighted by atomic mass is 19.1. The number of benzene rings is 1. The van der Waals surface area contributed by atoms with Crippen molar-refractivity contribution in [3.63, 3.8) is 0 Å². The molecule has 1 fully saturated rings. The third-order valence-electron chi connectivity index (χ3n) is 5.21. The molecule has 1 unspecified atom stereocenters. The first-order valence-electron chi connectivity index (χ1n) is 9.97. The van der Waals surface area contributed by atoms with Gasteiger partial charge >= 0.3 is 0 Å². The lowest BCUT2D eigenvalue weighted by Gasteiger charge is -2.36. The predicted octanol–water partition coefficient (Wildman–Crippen LogP) is 1.98. The number of nitrogens with zero attached hydrogens (tertiary/aromatic N) is 4. The lowest BCUT2D eigenvalue weighted by atomic mass is 10.0. The first-order valence-corrected chi connectivity index (χ1v) is 9.97. The van der Waals surface area contributed by atoms with E-state index in [1.165, 1.54) is 35.3 Å². The molecule has 1 aliphatic rings. The van der Waals surface area contributed by atoms with Crippen LogP contribution >= 0.6 is 0 Å². The fourth-order valence-corrected chi connectivity index (χ4v) is 3.72. The van der Waals surface area contributed by atoms with Crippen LogP contribution in [-0.2, 0) is 6.54 Å². The lowest BCUT2D eigenvalue weighted by molar-refractivity contribution is 0.462. The van der Waals surface area contributed by atoms with Crippen molar-refractivity contribution in [2.45, 2.75) is 31.8 Å². The maximum absolute atomic E-state index is 13.5. The minimum atomic E-state index is -0.344. The van der Waals surface area contributed by atoms with Crippen molar-refractivity contribution in [2.75, 3.05) is 23.3 Å². The van der Waals surface area contributed by atoms with E-state index in [1.54, 1.807) is 18.2 Å². The second-order valence-corrected chi connectivity index (χ2v) is 7.31. The van der Waals surface area contributed by atoms with E-state index < -0.39 is 0 Å². The Balaban J connectivity index is 1.54. The van der Waals surface area contributed by atoms with Crippen molar-refractivity contribution in [3.8, 4) is 0 Å². The minimum absolute atomic E-state index is 0.104. The number of nitrogens with one attached hydrogen (secondary N) is 2. The highest BCUT2D eigenvalue weighted by Crippen LogP contribution is 2.22. The van der Waals surface area contributed by atoms with Crippen LogP contribution in [0.15, 0.2) is 58.4 Å². The Hall–Kier alpha value is -3.49. The van der Waals surface area contributed by atoms with Crippen LogP contribution in [0.3, 0.4) is 0 Å². The molecule has 0 aliphatic carbocycles. The Bertz CT molecular complexity index is 1130. The number of aromatic nitrogens is 4. The van der Waals surface area contributed by atoms with Crippen molar-refractivity contribution in [3.05, 3.63) is 80.9 Å². The summed E-state index contributed by atoms with van der Waals surface area (Å²) in [6.07, 6.45) is 6.05. The number of rotatable bonds is 6. The van der Waals surface area contributed by atoms with Crippen molar-refractivity contribution >= 4 is 11.6 Å². The van der Waals surface area contributed by atoms with Crippen molar-refractivity contribution in [1.29, 1.82) is 0 Å². The van der Waals surface area contributed by atoms with E-state index in [2.05, 4.69) is 25.3 Å². The summed E-state index contributed by atoms with van der Waals surface area (Å²) in [6.45, 7) is 1.53. The second kappa shape index (κ2) is 8.89. The fourth-order valence-electron chi connectivity index (χ4n) is 3.72. The standard InChI is InChI=1S/C21H23FN6O2/c22-16-5-3-4-15(12-16)14-28-19(29)8-7-18(26-28)27-11-2-1-6-17(27)13-25-20-21(30)24-10-9-23-20/h3-5,7-10,12,17H,1-2,6,11,13-14H2,(H,23,25)(H,24,30). The fraction of sp³-hybridized carbons (Fsp3) is 0.333. The highest BCUT2D eigenvalue weighted by molar-refractivity contribution is 5.40. The van der Waals surface area contributed by atoms with Gasteiger partial charge in [0.1, 0.15) is 11.6 Å². The van der Waals surface area contributed by atoms with Gasteiger partial charge in [-0.2, -0.15) is 5.10 Å². The third-order valence-corrected chi connectivity index (χ3v) is 5.21. The van der Waals surface area contributed by atoms with E-state index in [1.807, 2.05) is 0 Å². The van der Waals surface area contributed by atoms with Crippen molar-refractivity contribution in [1.82, 2.24) is 19.7 Å². The Labute approximate surface area is 172 Å². The zero-order chi connectivity index (χ0) is 20.9. The molecule has 1 atom stereocenters. The first-order chi connectivity index (χ1) is 14.6. The summed E-state index contributed by atoms with van der Waals surface area (Å²) in [5.41, 5.74) is 0.171. The second-order valence-electron chi connectivity index (χ2n) is 7.31. The molecule has 3 heterocycles. The summed E-state index contributed by atoms with van der Waals surface area (Å²) in [6, 6.07) is 9.47. The number of piperidine rings is 1. The number of anilines is 2. The minimum Gasteiger partial charge on any atom is -0.363 e. The van der Waals surface area contributed by atoms with Crippen molar-refractivity contribution < 1.29 is 4.39 Å². The SMILES string of the molecule is O=c1[nH]ccnc1NCC1CCCCN1c1ccc(=O)n(Cc2cccc(F)c2)n1. The number of hydrogen-bond acceptors (Lipinski definition) is 6. The quantitative estimate of drug-likeness (QED) is 0.645. The van der Waals surface area contributed by atoms with Gasteiger partial charge in [-0.15, -0.1) is 0 Å². The Kier molecular flexibility index (Phi) is 5.87. The zero-order valence-electron chi connectivity index (χ0n) is 16.4.